The summed E-state index contributed by atoms with van der Waals surface area (Å²) >= 11 is 0. The lowest BCUT2D eigenvalue weighted by molar-refractivity contribution is -0.150. The largest absolute Gasteiger partial charge is 0.468 e. The number of carbonyl (C=O) groups excluding carboxylic acids is 1. The smallest absolute Gasteiger partial charge is 0.326 e. The molecule has 0 bridgehead atoms. The third kappa shape index (κ3) is 2.99. The molecule has 0 aliphatic carbocycles. The van der Waals surface area contributed by atoms with Gasteiger partial charge in [-0.1, -0.05) is 0 Å². The molecule has 0 aromatic carbocycles. The van der Waals surface area contributed by atoms with Crippen LogP contribution < -0.4 is 10.6 Å². The van der Waals surface area contributed by atoms with Crippen molar-refractivity contribution in [3.8, 4) is 0 Å². The first-order valence-electron chi connectivity index (χ1n) is 6.81. The molecule has 2 aliphatic heterocycles. The van der Waals surface area contributed by atoms with Crippen LogP contribution in [0, 0.1) is 5.92 Å². The normalized spacial score (nSPS) is 31.1. The first-order valence-corrected chi connectivity index (χ1v) is 6.81. The lowest BCUT2D eigenvalue weighted by Gasteiger charge is -2.39. The SMILES string of the molecule is COC(=O)C1(CC2CCNCC2)CCCCN1. The van der Waals surface area contributed by atoms with E-state index >= 15 is 0 Å². The van der Waals surface area contributed by atoms with Crippen LogP contribution in [0.25, 0.3) is 0 Å². The molecule has 2 heterocycles. The Morgan fingerprint density at radius 2 is 2.06 bits per heavy atom. The van der Waals surface area contributed by atoms with E-state index in [-0.39, 0.29) is 5.97 Å². The van der Waals surface area contributed by atoms with E-state index in [4.69, 9.17) is 4.74 Å². The number of esters is 1. The Morgan fingerprint density at radius 3 is 2.65 bits per heavy atom. The first kappa shape index (κ1) is 12.8. The third-order valence-electron chi connectivity index (χ3n) is 4.17. The van der Waals surface area contributed by atoms with Crippen molar-refractivity contribution in [1.29, 1.82) is 0 Å². The monoisotopic (exact) mass is 240 g/mol. The van der Waals surface area contributed by atoms with E-state index < -0.39 is 5.54 Å². The Bertz CT molecular complexity index is 256. The zero-order chi connectivity index (χ0) is 12.1. The minimum atomic E-state index is -0.394. The standard InChI is InChI=1S/C13H24N2O2/c1-17-12(16)13(6-2-3-7-15-13)10-11-4-8-14-9-5-11/h11,14-15H,2-10H2,1H3. The summed E-state index contributed by atoms with van der Waals surface area (Å²) in [5.41, 5.74) is -0.394. The average Bonchev–Trinajstić information content (AvgIpc) is 2.40. The third-order valence-corrected chi connectivity index (χ3v) is 4.17. The summed E-state index contributed by atoms with van der Waals surface area (Å²) in [5, 5.41) is 6.81. The molecule has 17 heavy (non-hydrogen) atoms. The van der Waals surface area contributed by atoms with Gasteiger partial charge in [0.1, 0.15) is 5.54 Å². The summed E-state index contributed by atoms with van der Waals surface area (Å²) in [4.78, 5) is 12.1. The van der Waals surface area contributed by atoms with Crippen LogP contribution in [-0.4, -0.2) is 38.3 Å². The molecule has 2 saturated heterocycles. The molecule has 98 valence electrons. The zero-order valence-corrected chi connectivity index (χ0v) is 10.8. The minimum Gasteiger partial charge on any atom is -0.468 e. The molecule has 0 spiro atoms. The molecule has 0 radical (unpaired) electrons. The van der Waals surface area contributed by atoms with E-state index in [0.29, 0.717) is 5.92 Å². The maximum atomic E-state index is 12.1. The highest BCUT2D eigenvalue weighted by atomic mass is 16.5. The molecule has 2 aliphatic rings. The van der Waals surface area contributed by atoms with Gasteiger partial charge in [0, 0.05) is 0 Å². The number of nitrogens with one attached hydrogen (secondary N) is 2. The van der Waals surface area contributed by atoms with Gasteiger partial charge in [0.25, 0.3) is 0 Å². The molecule has 2 fully saturated rings. The van der Waals surface area contributed by atoms with Crippen LogP contribution in [0.1, 0.15) is 38.5 Å². The number of ether oxygens (including phenoxy) is 1. The average molecular weight is 240 g/mol. The predicted molar refractivity (Wildman–Crippen MR) is 66.8 cm³/mol. The molecule has 0 aromatic heterocycles. The zero-order valence-electron chi connectivity index (χ0n) is 10.8. The van der Waals surface area contributed by atoms with Crippen molar-refractivity contribution in [2.24, 2.45) is 5.92 Å². The van der Waals surface area contributed by atoms with Crippen LogP contribution in [0.3, 0.4) is 0 Å². The summed E-state index contributed by atoms with van der Waals surface area (Å²) in [6.07, 6.45) is 6.55. The van der Waals surface area contributed by atoms with Gasteiger partial charge in [0.05, 0.1) is 7.11 Å². The molecule has 0 saturated carbocycles. The maximum absolute atomic E-state index is 12.1. The summed E-state index contributed by atoms with van der Waals surface area (Å²) < 4.78 is 5.02. The molecule has 0 amide bonds. The molecular weight excluding hydrogens is 216 g/mol. The lowest BCUT2D eigenvalue weighted by Crippen LogP contribution is -2.56. The van der Waals surface area contributed by atoms with E-state index in [9.17, 15) is 4.79 Å². The number of piperidine rings is 2. The Morgan fingerprint density at radius 1 is 1.29 bits per heavy atom. The van der Waals surface area contributed by atoms with Gasteiger partial charge in [-0.2, -0.15) is 0 Å². The van der Waals surface area contributed by atoms with Crippen molar-refractivity contribution >= 4 is 5.97 Å². The number of hydrogen-bond acceptors (Lipinski definition) is 4. The second kappa shape index (κ2) is 5.83. The van der Waals surface area contributed by atoms with Crippen LogP contribution in [0.4, 0.5) is 0 Å². The van der Waals surface area contributed by atoms with Crippen LogP contribution in [-0.2, 0) is 9.53 Å². The van der Waals surface area contributed by atoms with E-state index in [1.165, 1.54) is 26.4 Å². The van der Waals surface area contributed by atoms with Crippen LogP contribution in [0.15, 0.2) is 0 Å². The van der Waals surface area contributed by atoms with Gasteiger partial charge in [-0.25, -0.2) is 0 Å². The van der Waals surface area contributed by atoms with Gasteiger partial charge < -0.3 is 15.4 Å². The number of methoxy groups -OCH3 is 1. The van der Waals surface area contributed by atoms with Gasteiger partial charge in [-0.05, 0) is 64.1 Å². The Labute approximate surface area is 103 Å². The molecule has 2 rings (SSSR count). The highest BCUT2D eigenvalue weighted by molar-refractivity contribution is 5.80. The Balaban J connectivity index is 2.01. The molecule has 4 nitrogen and oxygen atoms in total. The van der Waals surface area contributed by atoms with Crippen molar-refractivity contribution in [1.82, 2.24) is 10.6 Å². The molecular formula is C13H24N2O2. The predicted octanol–water partition coefficient (Wildman–Crippen LogP) is 1.06. The molecule has 4 heteroatoms. The summed E-state index contributed by atoms with van der Waals surface area (Å²) in [7, 11) is 1.50. The first-order chi connectivity index (χ1) is 8.27. The second-order valence-corrected chi connectivity index (χ2v) is 5.36. The topological polar surface area (TPSA) is 50.4 Å². The van der Waals surface area contributed by atoms with Crippen molar-refractivity contribution in [2.45, 2.75) is 44.1 Å². The van der Waals surface area contributed by atoms with Crippen LogP contribution in [0.2, 0.25) is 0 Å². The molecule has 1 atom stereocenters. The van der Waals surface area contributed by atoms with E-state index in [1.54, 1.807) is 0 Å². The number of carbonyl (C=O) groups is 1. The fraction of sp³-hybridized carbons (Fsp3) is 0.923. The quantitative estimate of drug-likeness (QED) is 0.724. The number of rotatable bonds is 3. The highest BCUT2D eigenvalue weighted by Gasteiger charge is 2.42. The van der Waals surface area contributed by atoms with Gasteiger partial charge in [0.2, 0.25) is 0 Å². The molecule has 1 unspecified atom stereocenters. The van der Waals surface area contributed by atoms with Crippen molar-refractivity contribution in [3.63, 3.8) is 0 Å². The van der Waals surface area contributed by atoms with E-state index in [0.717, 1.165) is 38.9 Å². The van der Waals surface area contributed by atoms with E-state index in [2.05, 4.69) is 10.6 Å². The fourth-order valence-corrected chi connectivity index (χ4v) is 3.17. The maximum Gasteiger partial charge on any atom is 0.326 e. The van der Waals surface area contributed by atoms with Crippen molar-refractivity contribution in [3.05, 3.63) is 0 Å². The van der Waals surface area contributed by atoms with Gasteiger partial charge >= 0.3 is 5.97 Å². The molecule has 0 aromatic rings. The van der Waals surface area contributed by atoms with Crippen molar-refractivity contribution in [2.75, 3.05) is 26.7 Å². The Kier molecular flexibility index (Phi) is 4.40. The van der Waals surface area contributed by atoms with Gasteiger partial charge in [0.15, 0.2) is 0 Å². The fourth-order valence-electron chi connectivity index (χ4n) is 3.17. The highest BCUT2D eigenvalue weighted by Crippen LogP contribution is 2.31. The summed E-state index contributed by atoms with van der Waals surface area (Å²) in [6, 6.07) is 0. The van der Waals surface area contributed by atoms with Gasteiger partial charge in [-0.3, -0.25) is 4.79 Å². The van der Waals surface area contributed by atoms with Crippen LogP contribution in [0.5, 0.6) is 0 Å². The van der Waals surface area contributed by atoms with E-state index in [1.807, 2.05) is 0 Å². The second-order valence-electron chi connectivity index (χ2n) is 5.36. The minimum absolute atomic E-state index is 0.0595. The number of hydrogen-bond donors (Lipinski definition) is 2. The summed E-state index contributed by atoms with van der Waals surface area (Å²) in [5.74, 6) is 0.594. The lowest BCUT2D eigenvalue weighted by atomic mass is 9.78. The molecule has 2 N–H and O–H groups in total. The van der Waals surface area contributed by atoms with Crippen molar-refractivity contribution < 1.29 is 9.53 Å². The summed E-state index contributed by atoms with van der Waals surface area (Å²) in [6.45, 7) is 3.11. The van der Waals surface area contributed by atoms with Crippen LogP contribution >= 0.6 is 0 Å². The van der Waals surface area contributed by atoms with Gasteiger partial charge in [-0.15, -0.1) is 0 Å². The Hall–Kier alpha value is -0.610.